The standard InChI is InChI=1S/C21H17Cl2N3O2.C2H6/c22-15-8-6-14(7-9-15)13-25-21(27)16-3-1-5-18-19(16)28-12-11-26(18)20-17(23)4-2-10-24-20;1-2/h1-10H,11-13H2,(H,25,27);1-2H3. The minimum absolute atomic E-state index is 0.208. The van der Waals surface area contributed by atoms with E-state index in [9.17, 15) is 4.79 Å². The van der Waals surface area contributed by atoms with Crippen molar-refractivity contribution in [1.82, 2.24) is 10.3 Å². The van der Waals surface area contributed by atoms with Crippen molar-refractivity contribution in [3.63, 3.8) is 0 Å². The van der Waals surface area contributed by atoms with Gasteiger partial charge in [-0.05, 0) is 42.0 Å². The second kappa shape index (κ2) is 10.3. The predicted molar refractivity (Wildman–Crippen MR) is 122 cm³/mol. The molecule has 1 aromatic heterocycles. The number of para-hydroxylation sites is 1. The molecular formula is C23H23Cl2N3O2. The number of nitrogens with zero attached hydrogens (tertiary/aromatic N) is 2. The van der Waals surface area contributed by atoms with Crippen molar-refractivity contribution < 1.29 is 9.53 Å². The van der Waals surface area contributed by atoms with Crippen LogP contribution in [0.5, 0.6) is 5.75 Å². The van der Waals surface area contributed by atoms with Crippen LogP contribution in [0.15, 0.2) is 60.8 Å². The van der Waals surface area contributed by atoms with Crippen LogP contribution >= 0.6 is 23.2 Å². The van der Waals surface area contributed by atoms with Gasteiger partial charge in [0.2, 0.25) is 0 Å². The zero-order valence-corrected chi connectivity index (χ0v) is 18.4. The Morgan fingerprint density at radius 2 is 1.87 bits per heavy atom. The molecule has 0 saturated heterocycles. The van der Waals surface area contributed by atoms with Gasteiger partial charge in [-0.15, -0.1) is 0 Å². The van der Waals surface area contributed by atoms with Gasteiger partial charge >= 0.3 is 0 Å². The van der Waals surface area contributed by atoms with Crippen LogP contribution in [0.25, 0.3) is 0 Å². The van der Waals surface area contributed by atoms with Crippen molar-refractivity contribution >= 4 is 40.6 Å². The number of rotatable bonds is 4. The average molecular weight is 444 g/mol. The Bertz CT molecular complexity index is 1010. The molecule has 2 heterocycles. The van der Waals surface area contributed by atoms with Crippen LogP contribution in [0.3, 0.4) is 0 Å². The molecule has 0 fully saturated rings. The highest BCUT2D eigenvalue weighted by atomic mass is 35.5. The molecule has 0 bridgehead atoms. The molecule has 156 valence electrons. The van der Waals surface area contributed by atoms with Gasteiger partial charge in [0.1, 0.15) is 6.61 Å². The number of ether oxygens (including phenoxy) is 1. The number of hydrogen-bond acceptors (Lipinski definition) is 4. The first-order valence-electron chi connectivity index (χ1n) is 9.80. The van der Waals surface area contributed by atoms with Gasteiger partial charge in [0.05, 0.1) is 22.8 Å². The summed E-state index contributed by atoms with van der Waals surface area (Å²) in [4.78, 5) is 19.1. The van der Waals surface area contributed by atoms with Crippen molar-refractivity contribution in [3.8, 4) is 5.75 Å². The van der Waals surface area contributed by atoms with Crippen molar-refractivity contribution in [3.05, 3.63) is 82.0 Å². The summed E-state index contributed by atoms with van der Waals surface area (Å²) in [7, 11) is 0. The molecular weight excluding hydrogens is 421 g/mol. The van der Waals surface area contributed by atoms with Gasteiger partial charge in [0, 0.05) is 17.8 Å². The van der Waals surface area contributed by atoms with E-state index in [1.54, 1.807) is 36.5 Å². The van der Waals surface area contributed by atoms with Gasteiger partial charge in [-0.3, -0.25) is 4.79 Å². The van der Waals surface area contributed by atoms with E-state index in [-0.39, 0.29) is 5.91 Å². The van der Waals surface area contributed by atoms with E-state index >= 15 is 0 Å². The molecule has 1 aliphatic rings. The molecule has 0 aliphatic carbocycles. The number of pyridine rings is 1. The third kappa shape index (κ3) is 4.86. The molecule has 4 rings (SSSR count). The highest BCUT2D eigenvalue weighted by molar-refractivity contribution is 6.33. The number of benzene rings is 2. The van der Waals surface area contributed by atoms with Crippen LogP contribution in [0.1, 0.15) is 29.8 Å². The SMILES string of the molecule is CC.O=C(NCc1ccc(Cl)cc1)c1cccc2c1OCCN2c1ncccc1Cl. The third-order valence-corrected chi connectivity index (χ3v) is 5.00. The molecule has 0 unspecified atom stereocenters. The number of aromatic nitrogens is 1. The van der Waals surface area contributed by atoms with E-state index in [2.05, 4.69) is 10.3 Å². The Balaban J connectivity index is 0.00000124. The van der Waals surface area contributed by atoms with Crippen molar-refractivity contribution in [2.45, 2.75) is 20.4 Å². The van der Waals surface area contributed by atoms with Gasteiger partial charge in [-0.2, -0.15) is 0 Å². The van der Waals surface area contributed by atoms with E-state index < -0.39 is 0 Å². The summed E-state index contributed by atoms with van der Waals surface area (Å²) in [5.41, 5.74) is 2.21. The fourth-order valence-electron chi connectivity index (χ4n) is 3.10. The average Bonchev–Trinajstić information content (AvgIpc) is 2.79. The maximum atomic E-state index is 12.8. The van der Waals surface area contributed by atoms with Crippen LogP contribution in [0.4, 0.5) is 11.5 Å². The number of hydrogen-bond donors (Lipinski definition) is 1. The molecule has 30 heavy (non-hydrogen) atoms. The van der Waals surface area contributed by atoms with Crippen LogP contribution in [-0.4, -0.2) is 24.0 Å². The van der Waals surface area contributed by atoms with Crippen molar-refractivity contribution in [2.24, 2.45) is 0 Å². The number of carbonyl (C=O) groups is 1. The number of nitrogens with one attached hydrogen (secondary N) is 1. The maximum Gasteiger partial charge on any atom is 0.255 e. The lowest BCUT2D eigenvalue weighted by atomic mass is 10.1. The zero-order valence-electron chi connectivity index (χ0n) is 16.9. The lowest BCUT2D eigenvalue weighted by molar-refractivity contribution is 0.0946. The summed E-state index contributed by atoms with van der Waals surface area (Å²) < 4.78 is 5.84. The summed E-state index contributed by atoms with van der Waals surface area (Å²) in [6.07, 6.45) is 1.69. The first-order chi connectivity index (χ1) is 14.6. The lowest BCUT2D eigenvalue weighted by Gasteiger charge is -2.31. The summed E-state index contributed by atoms with van der Waals surface area (Å²) in [6.45, 7) is 5.43. The van der Waals surface area contributed by atoms with E-state index in [1.165, 1.54) is 0 Å². The maximum absolute atomic E-state index is 12.8. The number of fused-ring (bicyclic) bond motifs is 1. The van der Waals surface area contributed by atoms with Crippen LogP contribution in [0, 0.1) is 0 Å². The second-order valence-electron chi connectivity index (χ2n) is 6.27. The summed E-state index contributed by atoms with van der Waals surface area (Å²) in [6, 6.07) is 16.4. The Morgan fingerprint density at radius 1 is 1.10 bits per heavy atom. The minimum Gasteiger partial charge on any atom is -0.489 e. The second-order valence-corrected chi connectivity index (χ2v) is 7.12. The quantitative estimate of drug-likeness (QED) is 0.547. The van der Waals surface area contributed by atoms with Crippen molar-refractivity contribution in [1.29, 1.82) is 0 Å². The Kier molecular flexibility index (Phi) is 7.55. The smallest absolute Gasteiger partial charge is 0.255 e. The number of anilines is 2. The molecule has 0 radical (unpaired) electrons. The molecule has 0 spiro atoms. The zero-order chi connectivity index (χ0) is 21.5. The summed E-state index contributed by atoms with van der Waals surface area (Å²) in [5.74, 6) is 0.970. The van der Waals surface area contributed by atoms with E-state index in [4.69, 9.17) is 27.9 Å². The summed E-state index contributed by atoms with van der Waals surface area (Å²) in [5, 5.41) is 4.14. The Morgan fingerprint density at radius 3 is 2.60 bits per heavy atom. The molecule has 2 aromatic carbocycles. The van der Waals surface area contributed by atoms with E-state index in [1.807, 2.05) is 43.0 Å². The number of amides is 1. The van der Waals surface area contributed by atoms with Crippen molar-refractivity contribution in [2.75, 3.05) is 18.1 Å². The van der Waals surface area contributed by atoms with Crippen LogP contribution in [0.2, 0.25) is 10.0 Å². The van der Waals surface area contributed by atoms with Gasteiger partial charge in [0.25, 0.3) is 5.91 Å². The normalized spacial score (nSPS) is 12.2. The largest absolute Gasteiger partial charge is 0.489 e. The van der Waals surface area contributed by atoms with Gasteiger partial charge in [-0.1, -0.05) is 55.2 Å². The molecule has 1 amide bonds. The van der Waals surface area contributed by atoms with Gasteiger partial charge in [-0.25, -0.2) is 4.98 Å². The minimum atomic E-state index is -0.208. The number of halogens is 2. The van der Waals surface area contributed by atoms with Gasteiger partial charge in [0.15, 0.2) is 11.6 Å². The molecule has 0 atom stereocenters. The molecule has 5 nitrogen and oxygen atoms in total. The fourth-order valence-corrected chi connectivity index (χ4v) is 3.45. The third-order valence-electron chi connectivity index (χ3n) is 4.45. The fraction of sp³-hybridized carbons (Fsp3) is 0.217. The molecule has 1 N–H and O–H groups in total. The van der Waals surface area contributed by atoms with Crippen LogP contribution < -0.4 is 15.0 Å². The lowest BCUT2D eigenvalue weighted by Crippen LogP contribution is -2.31. The first-order valence-corrected chi connectivity index (χ1v) is 10.6. The first kappa shape index (κ1) is 21.9. The highest BCUT2D eigenvalue weighted by Crippen LogP contribution is 2.40. The van der Waals surface area contributed by atoms with E-state index in [0.717, 1.165) is 11.3 Å². The molecule has 0 saturated carbocycles. The monoisotopic (exact) mass is 443 g/mol. The molecule has 3 aromatic rings. The van der Waals surface area contributed by atoms with E-state index in [0.29, 0.717) is 46.9 Å². The molecule has 7 heteroatoms. The highest BCUT2D eigenvalue weighted by Gasteiger charge is 2.26. The predicted octanol–water partition coefficient (Wildman–Crippen LogP) is 5.88. The Hall–Kier alpha value is -2.76. The van der Waals surface area contributed by atoms with Gasteiger partial charge < -0.3 is 15.0 Å². The van der Waals surface area contributed by atoms with Crippen LogP contribution in [-0.2, 0) is 6.54 Å². The Labute approximate surface area is 186 Å². The molecule has 1 aliphatic heterocycles. The topological polar surface area (TPSA) is 54.5 Å². The summed E-state index contributed by atoms with van der Waals surface area (Å²) >= 11 is 12.2. The number of carbonyl (C=O) groups excluding carboxylic acids is 1.